The highest BCUT2D eigenvalue weighted by Crippen LogP contribution is 2.17. The maximum Gasteiger partial charge on any atom is 0.244 e. The van der Waals surface area contributed by atoms with Gasteiger partial charge in [0.1, 0.15) is 18.9 Å². The largest absolute Gasteiger partial charge is 0.322 e. The Hall–Kier alpha value is -2.46. The molecule has 2 rings (SSSR count). The number of aromatic nitrogens is 4. The van der Waals surface area contributed by atoms with E-state index in [1.807, 2.05) is 6.07 Å². The third-order valence-electron chi connectivity index (χ3n) is 2.06. The zero-order valence-corrected chi connectivity index (χ0v) is 9.79. The molecule has 0 aliphatic heterocycles. The van der Waals surface area contributed by atoms with Gasteiger partial charge in [-0.2, -0.15) is 5.26 Å². The number of hydrogen-bond acceptors (Lipinski definition) is 5. The summed E-state index contributed by atoms with van der Waals surface area (Å²) >= 11 is 5.80. The molecule has 0 aliphatic carbocycles. The van der Waals surface area contributed by atoms with Gasteiger partial charge in [0.05, 0.1) is 5.69 Å². The number of halogens is 1. The number of rotatable bonds is 3. The molecule has 0 fully saturated rings. The van der Waals surface area contributed by atoms with E-state index >= 15 is 0 Å². The van der Waals surface area contributed by atoms with E-state index in [0.717, 1.165) is 0 Å². The molecule has 0 radical (unpaired) electrons. The van der Waals surface area contributed by atoms with E-state index < -0.39 is 0 Å². The van der Waals surface area contributed by atoms with E-state index in [0.29, 0.717) is 5.69 Å². The van der Waals surface area contributed by atoms with Crippen molar-refractivity contribution in [2.24, 2.45) is 0 Å². The van der Waals surface area contributed by atoms with Crippen LogP contribution in [0.3, 0.4) is 0 Å². The van der Waals surface area contributed by atoms with Crippen LogP contribution in [0.2, 0.25) is 5.15 Å². The molecular weight excluding hydrogens is 256 g/mol. The molecule has 90 valence electrons. The lowest BCUT2D eigenvalue weighted by Crippen LogP contribution is -2.19. The Balaban J connectivity index is 2.06. The third-order valence-corrected chi connectivity index (χ3v) is 2.36. The number of carbonyl (C=O) groups is 1. The minimum Gasteiger partial charge on any atom is -0.322 e. The molecule has 8 heteroatoms. The van der Waals surface area contributed by atoms with Crippen molar-refractivity contribution in [2.75, 3.05) is 5.32 Å². The molecule has 0 atom stereocenters. The number of hydrogen-bond donors (Lipinski definition) is 1. The zero-order valence-electron chi connectivity index (χ0n) is 9.04. The molecule has 18 heavy (non-hydrogen) atoms. The molecule has 2 aromatic rings. The topological polar surface area (TPSA) is 96.5 Å². The summed E-state index contributed by atoms with van der Waals surface area (Å²) in [6.45, 7) is -0.0683. The summed E-state index contributed by atoms with van der Waals surface area (Å²) in [5.74, 6) is -0.274. The van der Waals surface area contributed by atoms with Crippen molar-refractivity contribution in [3.63, 3.8) is 0 Å². The summed E-state index contributed by atoms with van der Waals surface area (Å²) in [6, 6.07) is 5.11. The molecule has 0 saturated carbocycles. The van der Waals surface area contributed by atoms with E-state index in [4.69, 9.17) is 16.9 Å². The predicted molar refractivity (Wildman–Crippen MR) is 62.6 cm³/mol. The van der Waals surface area contributed by atoms with Crippen molar-refractivity contribution in [3.05, 3.63) is 35.6 Å². The minimum atomic E-state index is -0.346. The fourth-order valence-electron chi connectivity index (χ4n) is 1.28. The Kier molecular flexibility index (Phi) is 3.50. The highest BCUT2D eigenvalue weighted by atomic mass is 35.5. The van der Waals surface area contributed by atoms with Crippen LogP contribution in [0.5, 0.6) is 0 Å². The van der Waals surface area contributed by atoms with Crippen molar-refractivity contribution >= 4 is 23.2 Å². The van der Waals surface area contributed by atoms with Crippen LogP contribution in [0.25, 0.3) is 0 Å². The van der Waals surface area contributed by atoms with Crippen molar-refractivity contribution in [2.45, 2.75) is 6.54 Å². The lowest BCUT2D eigenvalue weighted by Gasteiger charge is -2.06. The van der Waals surface area contributed by atoms with Crippen LogP contribution in [0.4, 0.5) is 5.69 Å². The van der Waals surface area contributed by atoms with Crippen LogP contribution < -0.4 is 5.32 Å². The van der Waals surface area contributed by atoms with Crippen LogP contribution in [0.15, 0.2) is 24.7 Å². The van der Waals surface area contributed by atoms with Crippen LogP contribution in [-0.2, 0) is 11.3 Å². The molecule has 1 N–H and O–H groups in total. The summed E-state index contributed by atoms with van der Waals surface area (Å²) in [5.41, 5.74) is 0.413. The number of pyridine rings is 1. The summed E-state index contributed by atoms with van der Waals surface area (Å²) in [6.07, 6.45) is 2.83. The number of nitriles is 1. The van der Waals surface area contributed by atoms with Crippen molar-refractivity contribution in [1.29, 1.82) is 5.26 Å². The van der Waals surface area contributed by atoms with Crippen LogP contribution in [0.1, 0.15) is 5.82 Å². The Morgan fingerprint density at radius 2 is 2.44 bits per heavy atom. The van der Waals surface area contributed by atoms with Gasteiger partial charge in [0.15, 0.2) is 5.15 Å². The Labute approximate surface area is 107 Å². The summed E-state index contributed by atoms with van der Waals surface area (Å²) in [4.78, 5) is 15.5. The van der Waals surface area contributed by atoms with Gasteiger partial charge in [-0.1, -0.05) is 11.6 Å². The first-order chi connectivity index (χ1) is 8.70. The quantitative estimate of drug-likeness (QED) is 0.827. The van der Waals surface area contributed by atoms with Gasteiger partial charge >= 0.3 is 0 Å². The number of nitrogens with zero attached hydrogens (tertiary/aromatic N) is 5. The van der Waals surface area contributed by atoms with Gasteiger partial charge in [-0.3, -0.25) is 9.36 Å². The summed E-state index contributed by atoms with van der Waals surface area (Å²) in [5, 5.41) is 18.6. The second-order valence-electron chi connectivity index (χ2n) is 3.28. The standard InChI is InChI=1S/C10H7ClN6O/c11-10-7(2-1-3-13-10)15-9(18)5-17-6-14-16-8(17)4-12/h1-3,6H,5H2,(H,15,18). The second kappa shape index (κ2) is 5.25. The maximum absolute atomic E-state index is 11.7. The molecular formula is C10H7ClN6O. The first-order valence-corrected chi connectivity index (χ1v) is 5.27. The van der Waals surface area contributed by atoms with Gasteiger partial charge in [-0.25, -0.2) is 4.98 Å². The fraction of sp³-hybridized carbons (Fsp3) is 0.100. The molecule has 0 bridgehead atoms. The number of anilines is 1. The van der Waals surface area contributed by atoms with Crippen molar-refractivity contribution in [1.82, 2.24) is 19.7 Å². The summed E-state index contributed by atoms with van der Waals surface area (Å²) in [7, 11) is 0. The monoisotopic (exact) mass is 262 g/mol. The molecule has 2 heterocycles. The van der Waals surface area contributed by atoms with Gasteiger partial charge in [-0.15, -0.1) is 10.2 Å². The first kappa shape index (κ1) is 12.0. The highest BCUT2D eigenvalue weighted by Gasteiger charge is 2.10. The first-order valence-electron chi connectivity index (χ1n) is 4.89. The van der Waals surface area contributed by atoms with Gasteiger partial charge in [0.2, 0.25) is 11.7 Å². The Bertz CT molecular complexity index is 611. The smallest absolute Gasteiger partial charge is 0.244 e. The Morgan fingerprint density at radius 1 is 1.61 bits per heavy atom. The summed E-state index contributed by atoms with van der Waals surface area (Å²) < 4.78 is 1.33. The SMILES string of the molecule is N#Cc1nncn1CC(=O)Nc1cccnc1Cl. The van der Waals surface area contributed by atoms with Crippen molar-refractivity contribution < 1.29 is 4.79 Å². The average molecular weight is 263 g/mol. The number of amides is 1. The second-order valence-corrected chi connectivity index (χ2v) is 3.64. The lowest BCUT2D eigenvalue weighted by molar-refractivity contribution is -0.116. The fourth-order valence-corrected chi connectivity index (χ4v) is 1.45. The zero-order chi connectivity index (χ0) is 13.0. The maximum atomic E-state index is 11.7. The van der Waals surface area contributed by atoms with Crippen molar-refractivity contribution in [3.8, 4) is 6.07 Å². The van der Waals surface area contributed by atoms with E-state index in [2.05, 4.69) is 20.5 Å². The lowest BCUT2D eigenvalue weighted by atomic mass is 10.4. The van der Waals surface area contributed by atoms with E-state index in [9.17, 15) is 4.79 Å². The van der Waals surface area contributed by atoms with Crippen LogP contribution in [0, 0.1) is 11.3 Å². The van der Waals surface area contributed by atoms with Gasteiger partial charge in [0.25, 0.3) is 0 Å². The molecule has 0 aliphatic rings. The molecule has 0 unspecified atom stereocenters. The predicted octanol–water partition coefficient (Wildman–Crippen LogP) is 0.837. The molecule has 2 aromatic heterocycles. The minimum absolute atomic E-state index is 0.0683. The molecule has 0 saturated heterocycles. The molecule has 0 aromatic carbocycles. The average Bonchev–Trinajstić information content (AvgIpc) is 2.79. The Morgan fingerprint density at radius 3 is 3.17 bits per heavy atom. The normalized spacial score (nSPS) is 9.78. The third kappa shape index (κ3) is 2.61. The highest BCUT2D eigenvalue weighted by molar-refractivity contribution is 6.32. The van der Waals surface area contributed by atoms with Crippen LogP contribution in [-0.4, -0.2) is 25.7 Å². The molecule has 7 nitrogen and oxygen atoms in total. The van der Waals surface area contributed by atoms with Gasteiger partial charge in [0, 0.05) is 6.20 Å². The number of carbonyl (C=O) groups excluding carboxylic acids is 1. The van der Waals surface area contributed by atoms with E-state index in [-0.39, 0.29) is 23.4 Å². The van der Waals surface area contributed by atoms with E-state index in [1.54, 1.807) is 12.1 Å². The van der Waals surface area contributed by atoms with Gasteiger partial charge in [-0.05, 0) is 12.1 Å². The van der Waals surface area contributed by atoms with E-state index in [1.165, 1.54) is 17.1 Å². The number of nitrogens with one attached hydrogen (secondary N) is 1. The molecule has 0 spiro atoms. The van der Waals surface area contributed by atoms with Crippen LogP contribution >= 0.6 is 11.6 Å². The molecule has 1 amide bonds. The van der Waals surface area contributed by atoms with Gasteiger partial charge < -0.3 is 5.32 Å².